The van der Waals surface area contributed by atoms with Gasteiger partial charge in [0.15, 0.2) is 0 Å². The SMILES string of the molecule is O=C(O)C1CCCCC1n1cc(C(F)(F)F)cn1. The van der Waals surface area contributed by atoms with E-state index in [4.69, 9.17) is 5.11 Å². The van der Waals surface area contributed by atoms with Crippen molar-refractivity contribution in [3.63, 3.8) is 0 Å². The van der Waals surface area contributed by atoms with Crippen molar-refractivity contribution < 1.29 is 23.1 Å². The monoisotopic (exact) mass is 262 g/mol. The van der Waals surface area contributed by atoms with Crippen LogP contribution < -0.4 is 0 Å². The predicted molar refractivity (Wildman–Crippen MR) is 55.9 cm³/mol. The van der Waals surface area contributed by atoms with Gasteiger partial charge < -0.3 is 5.11 Å². The van der Waals surface area contributed by atoms with Crippen LogP contribution in [0.4, 0.5) is 13.2 Å². The highest BCUT2D eigenvalue weighted by Crippen LogP contribution is 2.35. The first-order chi connectivity index (χ1) is 8.39. The molecule has 0 aromatic carbocycles. The molecule has 0 amide bonds. The van der Waals surface area contributed by atoms with Crippen molar-refractivity contribution >= 4 is 5.97 Å². The Kier molecular flexibility index (Phi) is 3.32. The molecule has 1 saturated carbocycles. The second kappa shape index (κ2) is 4.62. The normalized spacial score (nSPS) is 25.1. The first-order valence-corrected chi connectivity index (χ1v) is 5.74. The van der Waals surface area contributed by atoms with Crippen molar-refractivity contribution in [3.05, 3.63) is 18.0 Å². The lowest BCUT2D eigenvalue weighted by Gasteiger charge is -2.28. The number of aliphatic carboxylic acids is 1. The molecule has 1 aliphatic carbocycles. The lowest BCUT2D eigenvalue weighted by Crippen LogP contribution is -2.29. The first-order valence-electron chi connectivity index (χ1n) is 5.74. The zero-order valence-corrected chi connectivity index (χ0v) is 9.52. The topological polar surface area (TPSA) is 55.1 Å². The Morgan fingerprint density at radius 3 is 2.61 bits per heavy atom. The molecule has 1 aliphatic rings. The van der Waals surface area contributed by atoms with Gasteiger partial charge in [-0.25, -0.2) is 0 Å². The Labute approximate surface area is 101 Å². The minimum atomic E-state index is -4.44. The fourth-order valence-electron chi connectivity index (χ4n) is 2.38. The Morgan fingerprint density at radius 2 is 2.06 bits per heavy atom. The number of carboxylic acid groups (broad SMARTS) is 1. The van der Waals surface area contributed by atoms with Crippen molar-refractivity contribution in [3.8, 4) is 0 Å². The van der Waals surface area contributed by atoms with E-state index in [0.717, 1.165) is 29.9 Å². The van der Waals surface area contributed by atoms with Crippen molar-refractivity contribution in [1.29, 1.82) is 0 Å². The zero-order chi connectivity index (χ0) is 13.3. The summed E-state index contributed by atoms with van der Waals surface area (Å²) >= 11 is 0. The maximum atomic E-state index is 12.5. The number of carboxylic acids is 1. The van der Waals surface area contributed by atoms with E-state index in [1.54, 1.807) is 0 Å². The summed E-state index contributed by atoms with van der Waals surface area (Å²) < 4.78 is 38.5. The molecule has 18 heavy (non-hydrogen) atoms. The number of carbonyl (C=O) groups is 1. The summed E-state index contributed by atoms with van der Waals surface area (Å²) in [5, 5.41) is 12.7. The molecule has 4 nitrogen and oxygen atoms in total. The van der Waals surface area contributed by atoms with Crippen LogP contribution in [0.5, 0.6) is 0 Å². The highest BCUT2D eigenvalue weighted by Gasteiger charge is 2.36. The van der Waals surface area contributed by atoms with Crippen molar-refractivity contribution in [1.82, 2.24) is 9.78 Å². The second-order valence-electron chi connectivity index (χ2n) is 4.50. The third kappa shape index (κ3) is 2.49. The molecule has 0 bridgehead atoms. The van der Waals surface area contributed by atoms with Gasteiger partial charge in [-0.1, -0.05) is 12.8 Å². The number of hydrogen-bond donors (Lipinski definition) is 1. The van der Waals surface area contributed by atoms with Crippen molar-refractivity contribution in [2.75, 3.05) is 0 Å². The molecule has 1 heterocycles. The van der Waals surface area contributed by atoms with Gasteiger partial charge in [0.05, 0.1) is 23.7 Å². The fraction of sp³-hybridized carbons (Fsp3) is 0.636. The van der Waals surface area contributed by atoms with E-state index in [-0.39, 0.29) is 0 Å². The molecule has 1 aromatic heterocycles. The summed E-state index contributed by atoms with van der Waals surface area (Å²) in [6.45, 7) is 0. The van der Waals surface area contributed by atoms with E-state index >= 15 is 0 Å². The molecule has 0 saturated heterocycles. The Morgan fingerprint density at radius 1 is 1.39 bits per heavy atom. The molecule has 0 radical (unpaired) electrons. The zero-order valence-electron chi connectivity index (χ0n) is 9.52. The largest absolute Gasteiger partial charge is 0.481 e. The number of nitrogens with zero attached hydrogens (tertiary/aromatic N) is 2. The Hall–Kier alpha value is -1.53. The fourth-order valence-corrected chi connectivity index (χ4v) is 2.38. The summed E-state index contributed by atoms with van der Waals surface area (Å²) in [6.07, 6.45) is -0.154. The van der Waals surface area contributed by atoms with Crippen LogP contribution in [0.3, 0.4) is 0 Å². The van der Waals surface area contributed by atoms with Crippen LogP contribution in [0.2, 0.25) is 0 Å². The van der Waals surface area contributed by atoms with Crippen LogP contribution in [0.15, 0.2) is 12.4 Å². The van der Waals surface area contributed by atoms with E-state index in [9.17, 15) is 18.0 Å². The second-order valence-corrected chi connectivity index (χ2v) is 4.50. The molecule has 0 spiro atoms. The minimum absolute atomic E-state index is 0.479. The maximum Gasteiger partial charge on any atom is 0.419 e. The predicted octanol–water partition coefficient (Wildman–Crippen LogP) is 2.72. The van der Waals surface area contributed by atoms with E-state index in [2.05, 4.69) is 5.10 Å². The molecule has 1 N–H and O–H groups in total. The van der Waals surface area contributed by atoms with Gasteiger partial charge in [0, 0.05) is 6.20 Å². The lowest BCUT2D eigenvalue weighted by atomic mass is 9.84. The Balaban J connectivity index is 2.24. The minimum Gasteiger partial charge on any atom is -0.481 e. The summed E-state index contributed by atoms with van der Waals surface area (Å²) in [6, 6.07) is -0.479. The Bertz CT molecular complexity index is 442. The molecule has 1 aromatic rings. The smallest absolute Gasteiger partial charge is 0.419 e. The standard InChI is InChI=1S/C11H13F3N2O2/c12-11(13,14)7-5-15-16(6-7)9-4-2-1-3-8(9)10(17)18/h5-6,8-9H,1-4H2,(H,17,18). The highest BCUT2D eigenvalue weighted by atomic mass is 19.4. The number of rotatable bonds is 2. The molecule has 7 heteroatoms. The summed E-state index contributed by atoms with van der Waals surface area (Å²) in [4.78, 5) is 11.1. The molecule has 0 aliphatic heterocycles. The average Bonchev–Trinajstić information content (AvgIpc) is 2.77. The van der Waals surface area contributed by atoms with Crippen LogP contribution in [-0.4, -0.2) is 20.9 Å². The summed E-state index contributed by atoms with van der Waals surface area (Å²) in [5.74, 6) is -1.62. The number of halogens is 3. The molecule has 2 unspecified atom stereocenters. The average molecular weight is 262 g/mol. The lowest BCUT2D eigenvalue weighted by molar-refractivity contribution is -0.144. The number of alkyl halides is 3. The van der Waals surface area contributed by atoms with Crippen LogP contribution in [0, 0.1) is 5.92 Å². The van der Waals surface area contributed by atoms with Crippen LogP contribution in [-0.2, 0) is 11.0 Å². The van der Waals surface area contributed by atoms with E-state index in [0.29, 0.717) is 12.8 Å². The summed E-state index contributed by atoms with van der Waals surface area (Å²) in [5.41, 5.74) is -0.836. The van der Waals surface area contributed by atoms with Gasteiger partial charge in [0.25, 0.3) is 0 Å². The first kappa shape index (κ1) is 12.9. The third-order valence-corrected chi connectivity index (χ3v) is 3.32. The molecule has 1 fully saturated rings. The van der Waals surface area contributed by atoms with Crippen LogP contribution in [0.25, 0.3) is 0 Å². The van der Waals surface area contributed by atoms with Gasteiger partial charge in [-0.15, -0.1) is 0 Å². The molecular weight excluding hydrogens is 249 g/mol. The quantitative estimate of drug-likeness (QED) is 0.891. The van der Waals surface area contributed by atoms with Crippen molar-refractivity contribution in [2.24, 2.45) is 5.92 Å². The van der Waals surface area contributed by atoms with Crippen molar-refractivity contribution in [2.45, 2.75) is 37.9 Å². The van der Waals surface area contributed by atoms with Gasteiger partial charge >= 0.3 is 12.1 Å². The highest BCUT2D eigenvalue weighted by molar-refractivity contribution is 5.70. The van der Waals surface area contributed by atoms with E-state index in [1.807, 2.05) is 0 Å². The van der Waals surface area contributed by atoms with Crippen LogP contribution >= 0.6 is 0 Å². The summed E-state index contributed by atoms with van der Waals surface area (Å²) in [7, 11) is 0. The molecule has 100 valence electrons. The molecule has 2 rings (SSSR count). The van der Waals surface area contributed by atoms with E-state index < -0.39 is 29.7 Å². The van der Waals surface area contributed by atoms with Gasteiger partial charge in [-0.05, 0) is 12.8 Å². The molecular formula is C11H13F3N2O2. The third-order valence-electron chi connectivity index (χ3n) is 3.32. The molecule has 2 atom stereocenters. The number of aromatic nitrogens is 2. The maximum absolute atomic E-state index is 12.5. The van der Waals surface area contributed by atoms with Gasteiger partial charge in [0.2, 0.25) is 0 Å². The van der Waals surface area contributed by atoms with Gasteiger partial charge in [0.1, 0.15) is 0 Å². The van der Waals surface area contributed by atoms with Crippen LogP contribution in [0.1, 0.15) is 37.3 Å². The number of hydrogen-bond acceptors (Lipinski definition) is 2. The van der Waals surface area contributed by atoms with E-state index in [1.165, 1.54) is 0 Å². The van der Waals surface area contributed by atoms with Gasteiger partial charge in [-0.2, -0.15) is 18.3 Å². The van der Waals surface area contributed by atoms with Gasteiger partial charge in [-0.3, -0.25) is 9.48 Å².